The number of rotatable bonds is 4. The summed E-state index contributed by atoms with van der Waals surface area (Å²) < 4.78 is 0. The van der Waals surface area contributed by atoms with Crippen LogP contribution < -0.4 is 10.4 Å². The van der Waals surface area contributed by atoms with Crippen molar-refractivity contribution in [1.29, 1.82) is 0 Å². The number of carboxylic acid groups (broad SMARTS) is 1. The molecule has 4 nitrogen and oxygen atoms in total. The predicted molar refractivity (Wildman–Crippen MR) is 73.8 cm³/mol. The summed E-state index contributed by atoms with van der Waals surface area (Å²) in [7, 11) is 0. The van der Waals surface area contributed by atoms with Crippen LogP contribution in [0.1, 0.15) is 31.2 Å². The van der Waals surface area contributed by atoms with Gasteiger partial charge in [-0.2, -0.15) is 0 Å². The number of carbonyl (C=O) groups excluding carboxylic acids is 2. The van der Waals surface area contributed by atoms with Gasteiger partial charge < -0.3 is 15.2 Å². The van der Waals surface area contributed by atoms with E-state index in [1.165, 1.54) is 0 Å². The van der Waals surface area contributed by atoms with Gasteiger partial charge >= 0.3 is 0 Å². The van der Waals surface area contributed by atoms with Crippen molar-refractivity contribution in [2.24, 2.45) is 11.8 Å². The fraction of sp³-hybridized carbons (Fsp3) is 0.467. The van der Waals surface area contributed by atoms with Gasteiger partial charge in [0, 0.05) is 29.4 Å². The summed E-state index contributed by atoms with van der Waals surface area (Å²) in [5, 5.41) is 14.5. The zero-order valence-corrected chi connectivity index (χ0v) is 11.9. The molecule has 1 aromatic carbocycles. The largest absolute Gasteiger partial charge is 0.550 e. The molecule has 20 heavy (non-hydrogen) atoms. The molecule has 0 unspecified atom stereocenters. The second-order valence-corrected chi connectivity index (χ2v) is 5.60. The summed E-state index contributed by atoms with van der Waals surface area (Å²) in [6.45, 7) is 0.357. The van der Waals surface area contributed by atoms with Crippen LogP contribution in [0.25, 0.3) is 0 Å². The van der Waals surface area contributed by atoms with Gasteiger partial charge in [0.2, 0.25) is 5.91 Å². The van der Waals surface area contributed by atoms with Crippen LogP contribution in [-0.2, 0) is 16.1 Å². The van der Waals surface area contributed by atoms with Crippen LogP contribution in [0.4, 0.5) is 0 Å². The van der Waals surface area contributed by atoms with Crippen molar-refractivity contribution < 1.29 is 14.7 Å². The van der Waals surface area contributed by atoms with Gasteiger partial charge in [-0.15, -0.1) is 0 Å². The Morgan fingerprint density at radius 2 is 1.95 bits per heavy atom. The lowest BCUT2D eigenvalue weighted by molar-refractivity contribution is -0.314. The maximum atomic E-state index is 12.1. The van der Waals surface area contributed by atoms with Gasteiger partial charge in [-0.25, -0.2) is 0 Å². The van der Waals surface area contributed by atoms with Gasteiger partial charge in [-0.3, -0.25) is 4.79 Å². The van der Waals surface area contributed by atoms with Gasteiger partial charge in [0.05, 0.1) is 0 Å². The van der Waals surface area contributed by atoms with Crippen molar-refractivity contribution in [3.05, 3.63) is 34.9 Å². The molecule has 0 saturated heterocycles. The zero-order valence-electron chi connectivity index (χ0n) is 11.1. The lowest BCUT2D eigenvalue weighted by Crippen LogP contribution is -2.44. The lowest BCUT2D eigenvalue weighted by Gasteiger charge is -2.31. The minimum absolute atomic E-state index is 0.209. The van der Waals surface area contributed by atoms with Gasteiger partial charge in [0.25, 0.3) is 0 Å². The van der Waals surface area contributed by atoms with Crippen molar-refractivity contribution in [2.75, 3.05) is 0 Å². The standard InChI is InChI=1S/C15H18ClNO3/c16-11-5-3-4-10(8-11)9-17-14(18)12-6-1-2-7-13(12)15(19)20/h3-5,8,12-13H,1-2,6-7,9H2,(H,17,18)(H,19,20)/p-1/t12-,13+/m1/s1. The van der Waals surface area contributed by atoms with Gasteiger partial charge in [-0.05, 0) is 30.5 Å². The summed E-state index contributed by atoms with van der Waals surface area (Å²) in [5.74, 6) is -2.47. The molecule has 0 spiro atoms. The fourth-order valence-corrected chi connectivity index (χ4v) is 2.91. The molecule has 1 aromatic rings. The van der Waals surface area contributed by atoms with E-state index < -0.39 is 17.8 Å². The first kappa shape index (κ1) is 14.9. The molecule has 1 fully saturated rings. The number of amides is 1. The molecule has 1 N–H and O–H groups in total. The van der Waals surface area contributed by atoms with Crippen LogP contribution >= 0.6 is 11.6 Å². The molecule has 2 rings (SSSR count). The second-order valence-electron chi connectivity index (χ2n) is 5.16. The van der Waals surface area contributed by atoms with Crippen molar-refractivity contribution in [3.63, 3.8) is 0 Å². The van der Waals surface area contributed by atoms with Crippen molar-refractivity contribution in [2.45, 2.75) is 32.2 Å². The Hall–Kier alpha value is -1.55. The summed E-state index contributed by atoms with van der Waals surface area (Å²) in [5.41, 5.74) is 0.895. The molecule has 1 saturated carbocycles. The predicted octanol–water partition coefficient (Wildman–Crippen LogP) is 1.51. The van der Waals surface area contributed by atoms with E-state index in [1.807, 2.05) is 12.1 Å². The molecule has 1 aliphatic rings. The average Bonchev–Trinajstić information content (AvgIpc) is 2.45. The average molecular weight is 295 g/mol. The molecule has 0 heterocycles. The van der Waals surface area contributed by atoms with Crippen LogP contribution in [0.15, 0.2) is 24.3 Å². The van der Waals surface area contributed by atoms with Crippen LogP contribution in [0.2, 0.25) is 5.02 Å². The highest BCUT2D eigenvalue weighted by Gasteiger charge is 2.31. The topological polar surface area (TPSA) is 69.2 Å². The Bertz CT molecular complexity index is 504. The van der Waals surface area contributed by atoms with Crippen molar-refractivity contribution >= 4 is 23.5 Å². The number of benzene rings is 1. The Kier molecular flexibility index (Phi) is 5.01. The molecule has 0 aromatic heterocycles. The number of hydrogen-bond donors (Lipinski definition) is 1. The van der Waals surface area contributed by atoms with E-state index in [4.69, 9.17) is 11.6 Å². The van der Waals surface area contributed by atoms with E-state index in [2.05, 4.69) is 5.32 Å². The third kappa shape index (κ3) is 3.73. The Labute approximate surface area is 123 Å². The van der Waals surface area contributed by atoms with Crippen LogP contribution in [0.5, 0.6) is 0 Å². The zero-order chi connectivity index (χ0) is 14.5. The molecule has 0 bridgehead atoms. The summed E-state index contributed by atoms with van der Waals surface area (Å²) >= 11 is 5.87. The highest BCUT2D eigenvalue weighted by atomic mass is 35.5. The minimum atomic E-state index is -1.12. The van der Waals surface area contributed by atoms with E-state index in [0.29, 0.717) is 24.4 Å². The summed E-state index contributed by atoms with van der Waals surface area (Å²) in [6, 6.07) is 7.22. The highest BCUT2D eigenvalue weighted by molar-refractivity contribution is 6.30. The smallest absolute Gasteiger partial charge is 0.224 e. The molecular weight excluding hydrogens is 278 g/mol. The molecule has 5 heteroatoms. The van der Waals surface area contributed by atoms with E-state index in [0.717, 1.165) is 18.4 Å². The molecule has 0 radical (unpaired) electrons. The van der Waals surface area contributed by atoms with Crippen LogP contribution in [0.3, 0.4) is 0 Å². The first-order chi connectivity index (χ1) is 9.58. The second kappa shape index (κ2) is 6.75. The van der Waals surface area contributed by atoms with E-state index >= 15 is 0 Å². The number of hydrogen-bond acceptors (Lipinski definition) is 3. The Morgan fingerprint density at radius 1 is 1.25 bits per heavy atom. The molecule has 2 atom stereocenters. The van der Waals surface area contributed by atoms with Crippen molar-refractivity contribution in [3.8, 4) is 0 Å². The SMILES string of the molecule is O=C([O-])[C@H]1CCCC[C@H]1C(=O)NCc1cccc(Cl)c1. The number of aliphatic carboxylic acids is 1. The molecule has 1 aliphatic carbocycles. The number of halogens is 1. The molecule has 0 aliphatic heterocycles. The monoisotopic (exact) mass is 294 g/mol. The first-order valence-corrected chi connectivity index (χ1v) is 7.18. The number of carboxylic acids is 1. The minimum Gasteiger partial charge on any atom is -0.550 e. The van der Waals surface area contributed by atoms with Crippen LogP contribution in [0, 0.1) is 11.8 Å². The quantitative estimate of drug-likeness (QED) is 0.915. The third-order valence-electron chi connectivity index (χ3n) is 3.76. The maximum absolute atomic E-state index is 12.1. The molecular formula is C15H17ClNO3-. The Morgan fingerprint density at radius 3 is 2.60 bits per heavy atom. The third-order valence-corrected chi connectivity index (χ3v) is 4.00. The number of nitrogens with one attached hydrogen (secondary N) is 1. The first-order valence-electron chi connectivity index (χ1n) is 6.81. The Balaban J connectivity index is 1.95. The maximum Gasteiger partial charge on any atom is 0.224 e. The van der Waals surface area contributed by atoms with E-state index in [1.54, 1.807) is 12.1 Å². The van der Waals surface area contributed by atoms with Crippen molar-refractivity contribution in [1.82, 2.24) is 5.32 Å². The fourth-order valence-electron chi connectivity index (χ4n) is 2.69. The summed E-state index contributed by atoms with van der Waals surface area (Å²) in [4.78, 5) is 23.2. The van der Waals surface area contributed by atoms with E-state index in [-0.39, 0.29) is 5.91 Å². The summed E-state index contributed by atoms with van der Waals surface area (Å²) in [6.07, 6.45) is 2.87. The molecule has 108 valence electrons. The normalized spacial score (nSPS) is 22.2. The molecule has 1 amide bonds. The van der Waals surface area contributed by atoms with Gasteiger partial charge in [-0.1, -0.05) is 36.6 Å². The van der Waals surface area contributed by atoms with Gasteiger partial charge in [0.15, 0.2) is 0 Å². The van der Waals surface area contributed by atoms with E-state index in [9.17, 15) is 14.7 Å². The number of carbonyl (C=O) groups is 2. The highest BCUT2D eigenvalue weighted by Crippen LogP contribution is 2.29. The van der Waals surface area contributed by atoms with Crippen LogP contribution in [-0.4, -0.2) is 11.9 Å². The lowest BCUT2D eigenvalue weighted by atomic mass is 9.78. The van der Waals surface area contributed by atoms with Gasteiger partial charge in [0.1, 0.15) is 0 Å².